The summed E-state index contributed by atoms with van der Waals surface area (Å²) in [5.41, 5.74) is 2.10. The second-order valence-electron chi connectivity index (χ2n) is 9.59. The second kappa shape index (κ2) is 8.41. The Labute approximate surface area is 187 Å². The van der Waals surface area contributed by atoms with Crippen molar-refractivity contribution >= 4 is 16.8 Å². The van der Waals surface area contributed by atoms with Gasteiger partial charge in [-0.3, -0.25) is 9.59 Å². The molecule has 0 spiro atoms. The Bertz CT molecular complexity index is 1200. The minimum atomic E-state index is -0.107. The number of carbonyl (C=O) groups excluding carboxylic acids is 1. The fraction of sp³-hybridized carbons (Fsp3) is 0.500. The molecule has 0 radical (unpaired) electrons. The van der Waals surface area contributed by atoms with Gasteiger partial charge in [-0.15, -0.1) is 0 Å². The highest BCUT2D eigenvalue weighted by molar-refractivity contribution is 5.98. The van der Waals surface area contributed by atoms with Crippen LogP contribution in [0.5, 0.6) is 5.88 Å². The van der Waals surface area contributed by atoms with E-state index in [-0.39, 0.29) is 16.9 Å². The summed E-state index contributed by atoms with van der Waals surface area (Å²) in [5, 5.41) is 9.92. The van der Waals surface area contributed by atoms with Crippen molar-refractivity contribution in [1.29, 1.82) is 0 Å². The van der Waals surface area contributed by atoms with Crippen LogP contribution in [0.25, 0.3) is 10.9 Å². The van der Waals surface area contributed by atoms with Crippen molar-refractivity contribution in [3.05, 3.63) is 51.9 Å². The predicted octanol–water partition coefficient (Wildman–Crippen LogP) is 2.99. The lowest BCUT2D eigenvalue weighted by Crippen LogP contribution is -2.40. The number of benzene rings is 1. The number of hydrogen-bond acceptors (Lipinski definition) is 5. The van der Waals surface area contributed by atoms with Gasteiger partial charge in [0.1, 0.15) is 0 Å². The molecule has 4 rings (SSSR count). The van der Waals surface area contributed by atoms with Crippen LogP contribution >= 0.6 is 0 Å². The highest BCUT2D eigenvalue weighted by atomic mass is 16.5. The smallest absolute Gasteiger partial charge is 0.266 e. The largest absolute Gasteiger partial charge is 0.481 e. The summed E-state index contributed by atoms with van der Waals surface area (Å²) in [5.74, 6) is 1.01. The molecule has 1 amide bonds. The van der Waals surface area contributed by atoms with Gasteiger partial charge < -0.3 is 9.64 Å². The van der Waals surface area contributed by atoms with Crippen LogP contribution in [-0.4, -0.2) is 50.6 Å². The van der Waals surface area contributed by atoms with E-state index < -0.39 is 0 Å². The fourth-order valence-corrected chi connectivity index (χ4v) is 4.28. The monoisotopic (exact) mass is 437 g/mol. The van der Waals surface area contributed by atoms with Crippen LogP contribution in [0, 0.1) is 5.92 Å². The van der Waals surface area contributed by atoms with E-state index >= 15 is 0 Å². The number of aryl methyl sites for hydroxylation is 1. The molecule has 0 N–H and O–H groups in total. The molecule has 0 aliphatic carbocycles. The molecule has 3 aromatic rings. The minimum Gasteiger partial charge on any atom is -0.481 e. The third kappa shape index (κ3) is 4.26. The van der Waals surface area contributed by atoms with Crippen molar-refractivity contribution in [1.82, 2.24) is 24.5 Å². The maximum atomic E-state index is 13.1. The molecule has 0 saturated carbocycles. The van der Waals surface area contributed by atoms with Gasteiger partial charge in [0, 0.05) is 43.7 Å². The number of methoxy groups -OCH3 is 1. The maximum Gasteiger partial charge on any atom is 0.266 e. The van der Waals surface area contributed by atoms with E-state index in [9.17, 15) is 9.59 Å². The average molecular weight is 438 g/mol. The van der Waals surface area contributed by atoms with E-state index in [0.29, 0.717) is 37.0 Å². The Morgan fingerprint density at radius 2 is 1.84 bits per heavy atom. The van der Waals surface area contributed by atoms with Gasteiger partial charge in [-0.05, 0) is 43.0 Å². The van der Waals surface area contributed by atoms with E-state index in [1.165, 1.54) is 0 Å². The number of hydrogen-bond donors (Lipinski definition) is 0. The van der Waals surface area contributed by atoms with Crippen molar-refractivity contribution in [2.75, 3.05) is 20.2 Å². The first-order valence-electron chi connectivity index (χ1n) is 11.1. The van der Waals surface area contributed by atoms with Gasteiger partial charge in [0.15, 0.2) is 0 Å². The van der Waals surface area contributed by atoms with Crippen LogP contribution in [0.3, 0.4) is 0 Å². The van der Waals surface area contributed by atoms with Gasteiger partial charge in [0.2, 0.25) is 5.88 Å². The van der Waals surface area contributed by atoms with E-state index in [2.05, 4.69) is 31.0 Å². The zero-order valence-corrected chi connectivity index (χ0v) is 19.5. The summed E-state index contributed by atoms with van der Waals surface area (Å²) < 4.78 is 8.65. The van der Waals surface area contributed by atoms with Crippen molar-refractivity contribution < 1.29 is 9.53 Å². The molecule has 32 heavy (non-hydrogen) atoms. The quantitative estimate of drug-likeness (QED) is 0.627. The van der Waals surface area contributed by atoms with Gasteiger partial charge in [0.05, 0.1) is 23.7 Å². The van der Waals surface area contributed by atoms with Crippen molar-refractivity contribution in [3.63, 3.8) is 0 Å². The Morgan fingerprint density at radius 1 is 1.12 bits per heavy atom. The lowest BCUT2D eigenvalue weighted by atomic mass is 9.92. The van der Waals surface area contributed by atoms with Crippen LogP contribution in [-0.2, 0) is 19.0 Å². The normalized spacial score (nSPS) is 15.3. The van der Waals surface area contributed by atoms with Crippen LogP contribution in [0.2, 0.25) is 0 Å². The molecule has 8 heteroatoms. The van der Waals surface area contributed by atoms with Crippen molar-refractivity contribution in [3.8, 4) is 5.88 Å². The summed E-state index contributed by atoms with van der Waals surface area (Å²) in [6.45, 7) is 8.19. The standard InChI is InChI=1S/C24H31N5O3/c1-24(2,3)20-8-9-21(30)29(26-20)15-16-10-12-28(13-11-16)22(31)17-6-7-18-19(14-17)25-27(4)23(18)32-5/h6-9,14,16H,10-13,15H2,1-5H3. The predicted molar refractivity (Wildman–Crippen MR) is 123 cm³/mol. The Hall–Kier alpha value is -3.16. The number of likely N-dealkylation sites (tertiary alicyclic amines) is 1. The third-order valence-electron chi connectivity index (χ3n) is 6.19. The highest BCUT2D eigenvalue weighted by Crippen LogP contribution is 2.27. The topological polar surface area (TPSA) is 82.2 Å². The molecule has 170 valence electrons. The molecule has 1 saturated heterocycles. The number of rotatable bonds is 4. The van der Waals surface area contributed by atoms with E-state index in [4.69, 9.17) is 4.74 Å². The van der Waals surface area contributed by atoms with Crippen molar-refractivity contribution in [2.45, 2.75) is 45.6 Å². The van der Waals surface area contributed by atoms with Crippen molar-refractivity contribution in [2.24, 2.45) is 13.0 Å². The molecular weight excluding hydrogens is 406 g/mol. The summed E-state index contributed by atoms with van der Waals surface area (Å²) in [6.07, 6.45) is 1.69. The first-order valence-corrected chi connectivity index (χ1v) is 11.1. The Balaban J connectivity index is 1.42. The van der Waals surface area contributed by atoms with Gasteiger partial charge >= 0.3 is 0 Å². The molecule has 0 unspecified atom stereocenters. The molecule has 0 atom stereocenters. The first kappa shape index (κ1) is 22.0. The number of piperidine rings is 1. The molecule has 1 aliphatic rings. The molecule has 1 fully saturated rings. The van der Waals surface area contributed by atoms with Gasteiger partial charge in [0.25, 0.3) is 11.5 Å². The van der Waals surface area contributed by atoms with Crippen LogP contribution < -0.4 is 10.3 Å². The number of carbonyl (C=O) groups is 1. The summed E-state index contributed by atoms with van der Waals surface area (Å²) >= 11 is 0. The van der Waals surface area contributed by atoms with Crippen LogP contribution in [0.1, 0.15) is 49.7 Å². The molecule has 3 heterocycles. The minimum absolute atomic E-state index is 0.0139. The Morgan fingerprint density at radius 3 is 2.50 bits per heavy atom. The van der Waals surface area contributed by atoms with E-state index in [1.54, 1.807) is 22.5 Å². The van der Waals surface area contributed by atoms with E-state index in [1.807, 2.05) is 36.2 Å². The number of ether oxygens (including phenoxy) is 1. The third-order valence-corrected chi connectivity index (χ3v) is 6.19. The zero-order valence-electron chi connectivity index (χ0n) is 19.5. The lowest BCUT2D eigenvalue weighted by molar-refractivity contribution is 0.0680. The van der Waals surface area contributed by atoms with Gasteiger partial charge in [-0.2, -0.15) is 10.2 Å². The summed E-state index contributed by atoms with van der Waals surface area (Å²) in [7, 11) is 3.44. The maximum absolute atomic E-state index is 13.1. The molecule has 8 nitrogen and oxygen atoms in total. The van der Waals surface area contributed by atoms with Crippen LogP contribution in [0.4, 0.5) is 0 Å². The first-order chi connectivity index (χ1) is 15.2. The fourth-order valence-electron chi connectivity index (χ4n) is 4.28. The number of aromatic nitrogens is 4. The second-order valence-corrected chi connectivity index (χ2v) is 9.59. The number of fused-ring (bicyclic) bond motifs is 1. The summed E-state index contributed by atoms with van der Waals surface area (Å²) in [6, 6.07) is 8.97. The molecule has 1 aromatic carbocycles. The Kier molecular flexibility index (Phi) is 5.79. The van der Waals surface area contributed by atoms with Gasteiger partial charge in [-0.1, -0.05) is 20.8 Å². The number of nitrogens with zero attached hydrogens (tertiary/aromatic N) is 5. The van der Waals surface area contributed by atoms with Crippen LogP contribution in [0.15, 0.2) is 35.1 Å². The number of amides is 1. The zero-order chi connectivity index (χ0) is 23.0. The highest BCUT2D eigenvalue weighted by Gasteiger charge is 2.25. The van der Waals surface area contributed by atoms with Gasteiger partial charge in [-0.25, -0.2) is 9.36 Å². The van der Waals surface area contributed by atoms with E-state index in [0.717, 1.165) is 29.4 Å². The SMILES string of the molecule is COc1c2ccc(C(=O)N3CCC(Cn4nc(C(C)(C)C)ccc4=O)CC3)cc2nn1C. The average Bonchev–Trinajstić information content (AvgIpc) is 3.08. The molecule has 1 aliphatic heterocycles. The lowest BCUT2D eigenvalue weighted by Gasteiger charge is -2.32. The molecular formula is C24H31N5O3. The molecule has 0 bridgehead atoms. The summed E-state index contributed by atoms with van der Waals surface area (Å²) in [4.78, 5) is 27.3. The molecule has 2 aromatic heterocycles.